The number of anilines is 1. The van der Waals surface area contributed by atoms with Crippen molar-refractivity contribution in [3.8, 4) is 22.6 Å². The fourth-order valence-corrected chi connectivity index (χ4v) is 4.44. The van der Waals surface area contributed by atoms with Crippen molar-refractivity contribution in [2.45, 2.75) is 18.7 Å². The van der Waals surface area contributed by atoms with Crippen LogP contribution in [0.1, 0.15) is 20.9 Å². The van der Waals surface area contributed by atoms with Crippen LogP contribution in [0.4, 0.5) is 5.13 Å². The maximum atomic E-state index is 12.9. The minimum atomic E-state index is -3.32. The normalized spacial score (nSPS) is 11.5. The van der Waals surface area contributed by atoms with Crippen molar-refractivity contribution in [2.24, 2.45) is 0 Å². The number of nitrogens with zero attached hydrogens (tertiary/aromatic N) is 3. The highest BCUT2D eigenvalue weighted by molar-refractivity contribution is 7.90. The number of aryl methyl sites for hydroxylation is 2. The molecule has 4 aromatic rings. The first-order chi connectivity index (χ1) is 14.7. The quantitative estimate of drug-likeness (QED) is 0.482. The predicted molar refractivity (Wildman–Crippen MR) is 118 cm³/mol. The molecule has 0 aliphatic carbocycles. The zero-order valence-corrected chi connectivity index (χ0v) is 18.5. The van der Waals surface area contributed by atoms with Crippen LogP contribution >= 0.6 is 11.3 Å². The molecule has 0 fully saturated rings. The number of amides is 1. The molecule has 1 N–H and O–H groups in total. The smallest absolute Gasteiger partial charge is 0.263 e. The molecule has 0 aliphatic heterocycles. The lowest BCUT2D eigenvalue weighted by Crippen LogP contribution is -2.12. The molecule has 0 spiro atoms. The number of carbonyl (C=O) groups excluding carboxylic acids is 1. The van der Waals surface area contributed by atoms with Crippen molar-refractivity contribution in [1.82, 2.24) is 15.1 Å². The van der Waals surface area contributed by atoms with Crippen molar-refractivity contribution in [2.75, 3.05) is 11.6 Å². The summed E-state index contributed by atoms with van der Waals surface area (Å²) in [4.78, 5) is 23.0. The Morgan fingerprint density at radius 1 is 1.03 bits per heavy atom. The summed E-state index contributed by atoms with van der Waals surface area (Å²) < 4.78 is 28.3. The molecular formula is C21H18N4O4S2. The number of thiazole rings is 1. The van der Waals surface area contributed by atoms with Gasteiger partial charge in [-0.2, -0.15) is 0 Å². The van der Waals surface area contributed by atoms with Gasteiger partial charge in [0.1, 0.15) is 23.2 Å². The monoisotopic (exact) mass is 454 g/mol. The van der Waals surface area contributed by atoms with E-state index in [0.717, 1.165) is 22.5 Å². The minimum absolute atomic E-state index is 0.182. The highest BCUT2D eigenvalue weighted by Crippen LogP contribution is 2.30. The van der Waals surface area contributed by atoms with E-state index in [1.807, 2.05) is 32.0 Å². The van der Waals surface area contributed by atoms with Crippen LogP contribution in [0.15, 0.2) is 58.1 Å². The molecule has 10 heteroatoms. The predicted octanol–water partition coefficient (Wildman–Crippen LogP) is 4.13. The van der Waals surface area contributed by atoms with Crippen LogP contribution in [-0.4, -0.2) is 35.7 Å². The zero-order valence-electron chi connectivity index (χ0n) is 16.9. The second-order valence-corrected chi connectivity index (χ2v) is 10.1. The molecular weight excluding hydrogens is 436 g/mol. The average Bonchev–Trinajstić information content (AvgIpc) is 3.34. The topological polar surface area (TPSA) is 115 Å². The van der Waals surface area contributed by atoms with Crippen LogP contribution < -0.4 is 5.32 Å². The highest BCUT2D eigenvalue weighted by atomic mass is 32.2. The molecule has 3 aromatic heterocycles. The van der Waals surface area contributed by atoms with Gasteiger partial charge in [-0.05, 0) is 38.1 Å². The molecule has 1 aromatic carbocycles. The van der Waals surface area contributed by atoms with Gasteiger partial charge in [0.05, 0.1) is 10.6 Å². The van der Waals surface area contributed by atoms with Crippen molar-refractivity contribution in [3.05, 3.63) is 64.9 Å². The Kier molecular flexibility index (Phi) is 5.42. The van der Waals surface area contributed by atoms with Crippen LogP contribution in [-0.2, 0) is 9.84 Å². The van der Waals surface area contributed by atoms with E-state index >= 15 is 0 Å². The number of pyridine rings is 1. The van der Waals surface area contributed by atoms with Gasteiger partial charge in [0.2, 0.25) is 0 Å². The Bertz CT molecular complexity index is 1370. The molecule has 8 nitrogen and oxygen atoms in total. The van der Waals surface area contributed by atoms with Crippen molar-refractivity contribution < 1.29 is 17.7 Å². The Hall–Kier alpha value is -3.37. The number of rotatable bonds is 5. The Morgan fingerprint density at radius 3 is 2.45 bits per heavy atom. The van der Waals surface area contributed by atoms with Gasteiger partial charge in [-0.3, -0.25) is 15.1 Å². The van der Waals surface area contributed by atoms with Gasteiger partial charge in [0.15, 0.2) is 15.0 Å². The van der Waals surface area contributed by atoms with E-state index in [1.54, 1.807) is 12.1 Å². The third-order valence-electron chi connectivity index (χ3n) is 4.52. The third kappa shape index (κ3) is 4.39. The van der Waals surface area contributed by atoms with E-state index in [0.29, 0.717) is 22.1 Å². The zero-order chi connectivity index (χ0) is 22.2. The maximum Gasteiger partial charge on any atom is 0.263 e. The number of hydrogen-bond acceptors (Lipinski definition) is 8. The van der Waals surface area contributed by atoms with Gasteiger partial charge in [0, 0.05) is 22.4 Å². The second-order valence-electron chi connectivity index (χ2n) is 6.92. The minimum Gasteiger partial charge on any atom is -0.363 e. The summed E-state index contributed by atoms with van der Waals surface area (Å²) in [6.07, 6.45) is 2.38. The first-order valence-electron chi connectivity index (χ1n) is 9.20. The lowest BCUT2D eigenvalue weighted by atomic mass is 10.1. The number of aromatic nitrogens is 3. The molecule has 0 unspecified atom stereocenters. The van der Waals surface area contributed by atoms with E-state index in [-0.39, 0.29) is 10.5 Å². The number of sulfone groups is 1. The highest BCUT2D eigenvalue weighted by Gasteiger charge is 2.20. The largest absolute Gasteiger partial charge is 0.363 e. The fraction of sp³-hybridized carbons (Fsp3) is 0.143. The molecule has 0 atom stereocenters. The Balaban J connectivity index is 1.59. The number of benzene rings is 1. The summed E-state index contributed by atoms with van der Waals surface area (Å²) in [5, 5.41) is 7.12. The van der Waals surface area contributed by atoms with Gasteiger partial charge in [0.25, 0.3) is 5.91 Å². The Morgan fingerprint density at radius 2 is 1.77 bits per heavy atom. The first kappa shape index (κ1) is 20.9. The van der Waals surface area contributed by atoms with Crippen molar-refractivity contribution in [3.63, 3.8) is 0 Å². The lowest BCUT2D eigenvalue weighted by Gasteiger charge is -2.03. The standard InChI is InChI=1S/C21H18N4O4S2/c1-12-5-4-6-17(22-12)18-13(2)30-21(23-18)24-20(26)16-11-29-25-19(16)14-7-9-15(10-8-14)31(3,27)28/h4-11H,1-3H3,(H,23,24,26). The van der Waals surface area contributed by atoms with Crippen molar-refractivity contribution in [1.29, 1.82) is 0 Å². The van der Waals surface area contributed by atoms with Crippen LogP contribution in [0.3, 0.4) is 0 Å². The van der Waals surface area contributed by atoms with E-state index in [9.17, 15) is 13.2 Å². The summed E-state index contributed by atoms with van der Waals surface area (Å²) >= 11 is 1.35. The molecule has 0 saturated heterocycles. The maximum absolute atomic E-state index is 12.9. The molecule has 0 radical (unpaired) electrons. The SMILES string of the molecule is Cc1cccc(-c2nc(NC(=O)c3conc3-c3ccc(S(C)(=O)=O)cc3)sc2C)n1. The summed E-state index contributed by atoms with van der Waals surface area (Å²) in [5.41, 5.74) is 3.43. The van der Waals surface area contributed by atoms with E-state index in [1.165, 1.54) is 29.7 Å². The molecule has 31 heavy (non-hydrogen) atoms. The summed E-state index contributed by atoms with van der Waals surface area (Å²) in [7, 11) is -3.32. The summed E-state index contributed by atoms with van der Waals surface area (Å²) in [6, 6.07) is 11.8. The van der Waals surface area contributed by atoms with E-state index in [4.69, 9.17) is 4.52 Å². The lowest BCUT2D eigenvalue weighted by molar-refractivity contribution is 0.102. The van der Waals surface area contributed by atoms with Crippen LogP contribution in [0.5, 0.6) is 0 Å². The van der Waals surface area contributed by atoms with Gasteiger partial charge in [-0.1, -0.05) is 23.4 Å². The van der Waals surface area contributed by atoms with Gasteiger partial charge < -0.3 is 4.52 Å². The number of nitrogens with one attached hydrogen (secondary N) is 1. The summed E-state index contributed by atoms with van der Waals surface area (Å²) in [6.45, 7) is 3.82. The molecule has 0 saturated carbocycles. The molecule has 0 aliphatic rings. The first-order valence-corrected chi connectivity index (χ1v) is 11.9. The molecule has 1 amide bonds. The van der Waals surface area contributed by atoms with Crippen LogP contribution in [0.2, 0.25) is 0 Å². The number of carbonyl (C=O) groups is 1. The van der Waals surface area contributed by atoms with Crippen LogP contribution in [0, 0.1) is 13.8 Å². The fourth-order valence-electron chi connectivity index (χ4n) is 2.99. The average molecular weight is 455 g/mol. The molecule has 4 rings (SSSR count). The second kappa shape index (κ2) is 8.05. The third-order valence-corrected chi connectivity index (χ3v) is 6.53. The van der Waals surface area contributed by atoms with Crippen LogP contribution in [0.25, 0.3) is 22.6 Å². The van der Waals surface area contributed by atoms with Gasteiger partial charge in [-0.25, -0.2) is 13.4 Å². The molecule has 3 heterocycles. The molecule has 158 valence electrons. The van der Waals surface area contributed by atoms with E-state index in [2.05, 4.69) is 20.4 Å². The number of hydrogen-bond donors (Lipinski definition) is 1. The van der Waals surface area contributed by atoms with Gasteiger partial charge in [-0.15, -0.1) is 11.3 Å². The van der Waals surface area contributed by atoms with E-state index < -0.39 is 15.7 Å². The van der Waals surface area contributed by atoms with Gasteiger partial charge >= 0.3 is 0 Å². The van der Waals surface area contributed by atoms with Crippen molar-refractivity contribution >= 4 is 32.2 Å². The molecule has 0 bridgehead atoms. The summed E-state index contributed by atoms with van der Waals surface area (Å²) in [5.74, 6) is -0.430. The Labute approximate surface area is 182 Å².